The predicted octanol–water partition coefficient (Wildman–Crippen LogP) is -1.35. The van der Waals surface area contributed by atoms with Gasteiger partial charge in [0.05, 0.1) is 0 Å². The first-order valence-corrected chi connectivity index (χ1v) is 1.65. The minimum Gasteiger partial charge on any atom is -0.379 e. The molecule has 0 atom stereocenters. The molecule has 1 N–H and O–H groups in total. The van der Waals surface area contributed by atoms with Crippen LogP contribution in [0.4, 0.5) is 0 Å². The van der Waals surface area contributed by atoms with Gasteiger partial charge in [-0.15, -0.1) is 7.05 Å². The molecule has 0 spiro atoms. The number of nitrogens with one attached hydrogen (secondary N) is 1. The maximum Gasteiger partial charge on any atom is 0.188 e. The van der Waals surface area contributed by atoms with Crippen molar-refractivity contribution in [2.45, 2.75) is 0 Å². The lowest BCUT2D eigenvalue weighted by Crippen LogP contribution is -3.03. The zero-order chi connectivity index (χ0) is 4.41. The Balaban J connectivity index is 2.60. The Kier molecular flexibility index (Phi) is 0.686. The molecule has 0 bridgehead atoms. The topological polar surface area (TPSA) is 29.2 Å². The van der Waals surface area contributed by atoms with Gasteiger partial charge < -0.3 is 4.90 Å². The van der Waals surface area contributed by atoms with Gasteiger partial charge in [0.25, 0.3) is 0 Å². The van der Waals surface area contributed by atoms with Crippen LogP contribution in [0.25, 0.3) is 0 Å². The molecule has 3 heteroatoms. The molecule has 0 aromatic rings. The zero-order valence-corrected chi connectivity index (χ0v) is 3.26. The highest BCUT2D eigenvalue weighted by molar-refractivity contribution is 5.62. The lowest BCUT2D eigenvalue weighted by molar-refractivity contribution is -0.622. The van der Waals surface area contributed by atoms with Crippen molar-refractivity contribution in [3.63, 3.8) is 0 Å². The summed E-state index contributed by atoms with van der Waals surface area (Å²) < 4.78 is 0. The minimum atomic E-state index is 0.870. The molecule has 0 saturated carbocycles. The molecule has 0 unspecified atom stereocenters. The Morgan fingerprint density at radius 3 is 2.00 bits per heavy atom. The molecule has 32 valence electrons. The molecule has 0 aromatic heterocycles. The average Bonchev–Trinajstić information content (AvgIpc) is 1.86. The smallest absolute Gasteiger partial charge is 0.188 e. The second-order valence-corrected chi connectivity index (χ2v) is 1.06. The fourth-order valence-corrected chi connectivity index (χ4v) is 0.248. The standard InChI is InChI=1S/C3H5N3/c1-6-2-4-5-3-6/h2-3,6H,1H2. The van der Waals surface area contributed by atoms with Crippen molar-refractivity contribution in [2.75, 3.05) is 0 Å². The van der Waals surface area contributed by atoms with E-state index in [1.807, 2.05) is 0 Å². The molecule has 3 nitrogen and oxygen atoms in total. The van der Waals surface area contributed by atoms with Gasteiger partial charge in [-0.25, -0.2) is 0 Å². The van der Waals surface area contributed by atoms with Gasteiger partial charge >= 0.3 is 0 Å². The summed E-state index contributed by atoms with van der Waals surface area (Å²) in [5.74, 6) is 0. The summed E-state index contributed by atoms with van der Waals surface area (Å²) in [6.07, 6.45) is 3.22. The molecular formula is C3H5N3. The van der Waals surface area contributed by atoms with E-state index in [0.29, 0.717) is 0 Å². The van der Waals surface area contributed by atoms with Crippen LogP contribution < -0.4 is 4.90 Å². The number of rotatable bonds is 0. The molecular weight excluding hydrogens is 78.1 g/mol. The second-order valence-electron chi connectivity index (χ2n) is 1.06. The largest absolute Gasteiger partial charge is 0.379 e. The summed E-state index contributed by atoms with van der Waals surface area (Å²) in [5, 5.41) is 7.02. The summed E-state index contributed by atoms with van der Waals surface area (Å²) in [7, 11) is 3.56. The van der Waals surface area contributed by atoms with Gasteiger partial charge in [-0.3, -0.25) is 0 Å². The summed E-state index contributed by atoms with van der Waals surface area (Å²) in [6.45, 7) is 0. The molecule has 0 fully saturated rings. The lowest BCUT2D eigenvalue weighted by Gasteiger charge is -1.95. The first-order valence-electron chi connectivity index (χ1n) is 1.65. The fraction of sp³-hybridized carbons (Fsp3) is 0. The van der Waals surface area contributed by atoms with Crippen molar-refractivity contribution in [3.05, 3.63) is 7.05 Å². The summed E-state index contributed by atoms with van der Waals surface area (Å²) in [5.41, 5.74) is 0. The van der Waals surface area contributed by atoms with Crippen molar-refractivity contribution in [2.24, 2.45) is 10.2 Å². The van der Waals surface area contributed by atoms with Gasteiger partial charge in [-0.2, -0.15) is 0 Å². The van der Waals surface area contributed by atoms with Gasteiger partial charge in [0.2, 0.25) is 0 Å². The Bertz CT molecular complexity index is 82.2. The quantitative estimate of drug-likeness (QED) is 0.351. The molecule has 0 radical (unpaired) electrons. The molecule has 0 aliphatic carbocycles. The third-order valence-electron chi connectivity index (χ3n) is 0.514. The van der Waals surface area contributed by atoms with E-state index in [1.54, 1.807) is 12.7 Å². The van der Waals surface area contributed by atoms with E-state index in [1.165, 1.54) is 0 Å². The molecule has 1 heterocycles. The van der Waals surface area contributed by atoms with Crippen molar-refractivity contribution < 1.29 is 4.90 Å². The van der Waals surface area contributed by atoms with E-state index in [0.717, 1.165) is 4.90 Å². The molecule has 0 aromatic carbocycles. The van der Waals surface area contributed by atoms with Gasteiger partial charge in [0.15, 0.2) is 12.7 Å². The highest BCUT2D eigenvalue weighted by Gasteiger charge is 1.86. The fourth-order valence-electron chi connectivity index (χ4n) is 0.248. The van der Waals surface area contributed by atoms with Crippen LogP contribution in [0.15, 0.2) is 10.2 Å². The number of hydrogen-bond acceptors (Lipinski definition) is 2. The maximum absolute atomic E-state index is 3.56. The highest BCUT2D eigenvalue weighted by Crippen LogP contribution is 1.61. The SMILES string of the molecule is [CH2-][NH+]1C=NN=C1. The Morgan fingerprint density at radius 2 is 1.83 bits per heavy atom. The third-order valence-corrected chi connectivity index (χ3v) is 0.514. The lowest BCUT2D eigenvalue weighted by atomic mass is 10.9. The van der Waals surface area contributed by atoms with Crippen molar-refractivity contribution >= 4 is 12.7 Å². The molecule has 0 saturated heterocycles. The first kappa shape index (κ1) is 3.49. The predicted molar refractivity (Wildman–Crippen MR) is 23.3 cm³/mol. The monoisotopic (exact) mass is 83.0 g/mol. The van der Waals surface area contributed by atoms with E-state index >= 15 is 0 Å². The van der Waals surface area contributed by atoms with Crippen LogP contribution >= 0.6 is 0 Å². The van der Waals surface area contributed by atoms with Crippen molar-refractivity contribution in [1.82, 2.24) is 0 Å². The Morgan fingerprint density at radius 1 is 1.33 bits per heavy atom. The van der Waals surface area contributed by atoms with Crippen molar-refractivity contribution in [1.29, 1.82) is 0 Å². The van der Waals surface area contributed by atoms with Gasteiger partial charge in [-0.1, -0.05) is 10.2 Å². The number of quaternary nitrogens is 1. The summed E-state index contributed by atoms with van der Waals surface area (Å²) in [6, 6.07) is 0. The van der Waals surface area contributed by atoms with Gasteiger partial charge in [-0.05, 0) is 0 Å². The van der Waals surface area contributed by atoms with Crippen LogP contribution in [0.3, 0.4) is 0 Å². The third kappa shape index (κ3) is 0.440. The molecule has 6 heavy (non-hydrogen) atoms. The van der Waals surface area contributed by atoms with E-state index in [-0.39, 0.29) is 0 Å². The highest BCUT2D eigenvalue weighted by atomic mass is 15.4. The van der Waals surface area contributed by atoms with Crippen LogP contribution in [-0.2, 0) is 0 Å². The van der Waals surface area contributed by atoms with Crippen LogP contribution in [-0.4, -0.2) is 12.7 Å². The summed E-state index contributed by atoms with van der Waals surface area (Å²) in [4.78, 5) is 0.870. The van der Waals surface area contributed by atoms with E-state index in [4.69, 9.17) is 0 Å². The van der Waals surface area contributed by atoms with Crippen LogP contribution in [0, 0.1) is 7.05 Å². The average molecular weight is 83.1 g/mol. The van der Waals surface area contributed by atoms with Crippen molar-refractivity contribution in [3.8, 4) is 0 Å². The van der Waals surface area contributed by atoms with E-state index in [2.05, 4.69) is 17.3 Å². The maximum atomic E-state index is 3.56. The minimum absolute atomic E-state index is 0.870. The first-order chi connectivity index (χ1) is 2.89. The molecule has 1 rings (SSSR count). The van der Waals surface area contributed by atoms with Gasteiger partial charge in [0, 0.05) is 0 Å². The Labute approximate surface area is 36.0 Å². The molecule has 1 aliphatic rings. The van der Waals surface area contributed by atoms with E-state index in [9.17, 15) is 0 Å². The summed E-state index contributed by atoms with van der Waals surface area (Å²) >= 11 is 0. The van der Waals surface area contributed by atoms with Crippen LogP contribution in [0.2, 0.25) is 0 Å². The van der Waals surface area contributed by atoms with Crippen LogP contribution in [0.1, 0.15) is 0 Å². The number of nitrogens with zero attached hydrogens (tertiary/aromatic N) is 2. The Hall–Kier alpha value is -0.700. The normalized spacial score (nSPS) is 20.2. The number of hydrogen-bond donors (Lipinski definition) is 1. The zero-order valence-electron chi connectivity index (χ0n) is 3.26. The van der Waals surface area contributed by atoms with Gasteiger partial charge in [0.1, 0.15) is 0 Å². The second kappa shape index (κ2) is 1.18. The van der Waals surface area contributed by atoms with Crippen LogP contribution in [0.5, 0.6) is 0 Å². The molecule has 1 aliphatic heterocycles. The molecule has 0 amide bonds. The van der Waals surface area contributed by atoms with E-state index < -0.39 is 0 Å².